The fourth-order valence-electron chi connectivity index (χ4n) is 3.45. The van der Waals surface area contributed by atoms with E-state index in [1.54, 1.807) is 11.8 Å². The van der Waals surface area contributed by atoms with Crippen LogP contribution < -0.4 is 5.32 Å². The second-order valence-electron chi connectivity index (χ2n) is 8.89. The van der Waals surface area contributed by atoms with Crippen molar-refractivity contribution < 1.29 is 14.6 Å². The number of rotatable bonds is 6. The van der Waals surface area contributed by atoms with Crippen molar-refractivity contribution in [2.24, 2.45) is 11.3 Å². The molecule has 3 atom stereocenters. The number of nitrogens with zero attached hydrogens (tertiary/aromatic N) is 1. The van der Waals surface area contributed by atoms with E-state index < -0.39 is 11.7 Å². The van der Waals surface area contributed by atoms with Crippen LogP contribution in [-0.2, 0) is 4.74 Å². The molecule has 1 saturated carbocycles. The van der Waals surface area contributed by atoms with Gasteiger partial charge in [0.1, 0.15) is 5.60 Å². The first-order chi connectivity index (χ1) is 10.4. The summed E-state index contributed by atoms with van der Waals surface area (Å²) in [7, 11) is 0. The molecule has 1 aliphatic carbocycles. The van der Waals surface area contributed by atoms with E-state index in [4.69, 9.17) is 4.74 Å². The number of hydrogen-bond acceptors (Lipinski definition) is 4. The zero-order valence-electron chi connectivity index (χ0n) is 16.0. The lowest BCUT2D eigenvalue weighted by molar-refractivity contribution is 0.0162. The van der Waals surface area contributed by atoms with E-state index in [1.165, 1.54) is 6.42 Å². The molecule has 0 aromatic rings. The van der Waals surface area contributed by atoms with Crippen LogP contribution in [0, 0.1) is 11.3 Å². The van der Waals surface area contributed by atoms with Crippen molar-refractivity contribution in [3.63, 3.8) is 0 Å². The molecule has 0 radical (unpaired) electrons. The third-order valence-electron chi connectivity index (χ3n) is 4.26. The molecule has 136 valence electrons. The van der Waals surface area contributed by atoms with Gasteiger partial charge in [-0.25, -0.2) is 4.79 Å². The summed E-state index contributed by atoms with van der Waals surface area (Å²) in [5, 5.41) is 13.2. The lowest BCUT2D eigenvalue weighted by Gasteiger charge is -2.29. The Bertz CT molecular complexity index is 388. The molecule has 3 unspecified atom stereocenters. The highest BCUT2D eigenvalue weighted by Crippen LogP contribution is 2.40. The molecule has 0 aromatic carbocycles. The number of ether oxygens (including phenoxy) is 1. The minimum absolute atomic E-state index is 0.294. The van der Waals surface area contributed by atoms with Gasteiger partial charge < -0.3 is 20.1 Å². The molecule has 0 bridgehead atoms. The Hall–Kier alpha value is -0.810. The highest BCUT2D eigenvalue weighted by atomic mass is 16.6. The van der Waals surface area contributed by atoms with E-state index in [2.05, 4.69) is 26.1 Å². The number of carbonyl (C=O) groups is 1. The van der Waals surface area contributed by atoms with E-state index >= 15 is 0 Å². The van der Waals surface area contributed by atoms with Crippen molar-refractivity contribution in [1.82, 2.24) is 10.2 Å². The third-order valence-corrected chi connectivity index (χ3v) is 4.26. The van der Waals surface area contributed by atoms with Crippen LogP contribution in [0.2, 0.25) is 0 Å². The SMILES string of the molecule is CC(O)CN(CCNC1CC(C)(C)CC1C)C(=O)OC(C)(C)C. The summed E-state index contributed by atoms with van der Waals surface area (Å²) in [5.74, 6) is 0.650. The third kappa shape index (κ3) is 7.53. The van der Waals surface area contributed by atoms with Gasteiger partial charge in [0.25, 0.3) is 0 Å². The van der Waals surface area contributed by atoms with Crippen LogP contribution in [0.3, 0.4) is 0 Å². The molecule has 0 spiro atoms. The molecule has 0 saturated heterocycles. The molecule has 23 heavy (non-hydrogen) atoms. The average molecular weight is 328 g/mol. The first-order valence-electron chi connectivity index (χ1n) is 8.79. The number of nitrogens with one attached hydrogen (secondary N) is 1. The molecule has 5 heteroatoms. The van der Waals surface area contributed by atoms with Gasteiger partial charge in [-0.1, -0.05) is 20.8 Å². The maximum atomic E-state index is 12.3. The molecule has 1 amide bonds. The van der Waals surface area contributed by atoms with Crippen molar-refractivity contribution in [1.29, 1.82) is 0 Å². The lowest BCUT2D eigenvalue weighted by atomic mass is 9.91. The molecule has 5 nitrogen and oxygen atoms in total. The van der Waals surface area contributed by atoms with Crippen molar-refractivity contribution in [2.45, 2.75) is 79.1 Å². The van der Waals surface area contributed by atoms with Gasteiger partial charge in [0, 0.05) is 25.7 Å². The summed E-state index contributed by atoms with van der Waals surface area (Å²) in [6, 6.07) is 0.497. The topological polar surface area (TPSA) is 61.8 Å². The Labute approximate surface area is 141 Å². The number of aliphatic hydroxyl groups excluding tert-OH is 1. The van der Waals surface area contributed by atoms with Gasteiger partial charge in [0.05, 0.1) is 6.10 Å². The molecule has 1 aliphatic rings. The zero-order valence-corrected chi connectivity index (χ0v) is 16.0. The predicted octanol–water partition coefficient (Wildman–Crippen LogP) is 3.02. The predicted molar refractivity (Wildman–Crippen MR) is 93.5 cm³/mol. The van der Waals surface area contributed by atoms with E-state index in [0.717, 1.165) is 13.0 Å². The van der Waals surface area contributed by atoms with E-state index in [-0.39, 0.29) is 6.09 Å². The van der Waals surface area contributed by atoms with Crippen molar-refractivity contribution in [2.75, 3.05) is 19.6 Å². The summed E-state index contributed by atoms with van der Waals surface area (Å²) in [6.45, 7) is 15.7. The fourth-order valence-corrected chi connectivity index (χ4v) is 3.45. The van der Waals surface area contributed by atoms with Gasteiger partial charge >= 0.3 is 6.09 Å². The van der Waals surface area contributed by atoms with Crippen LogP contribution in [-0.4, -0.2) is 53.5 Å². The van der Waals surface area contributed by atoms with Crippen LogP contribution in [0.15, 0.2) is 0 Å². The molecule has 0 aromatic heterocycles. The molecular weight excluding hydrogens is 292 g/mol. The highest BCUT2D eigenvalue weighted by Gasteiger charge is 2.36. The van der Waals surface area contributed by atoms with Crippen LogP contribution >= 0.6 is 0 Å². The zero-order chi connectivity index (χ0) is 17.8. The Morgan fingerprint density at radius 1 is 1.39 bits per heavy atom. The van der Waals surface area contributed by atoms with Crippen molar-refractivity contribution in [3.8, 4) is 0 Å². The summed E-state index contributed by atoms with van der Waals surface area (Å²) in [4.78, 5) is 13.8. The van der Waals surface area contributed by atoms with Crippen LogP contribution in [0.1, 0.15) is 61.3 Å². The Morgan fingerprint density at radius 2 is 2.00 bits per heavy atom. The van der Waals surface area contributed by atoms with Gasteiger partial charge in [-0.2, -0.15) is 0 Å². The number of amides is 1. The maximum absolute atomic E-state index is 12.3. The molecular formula is C18H36N2O3. The molecule has 1 fully saturated rings. The summed E-state index contributed by atoms with van der Waals surface area (Å²) in [6.07, 6.45) is 1.47. The highest BCUT2D eigenvalue weighted by molar-refractivity contribution is 5.68. The second-order valence-corrected chi connectivity index (χ2v) is 8.89. The van der Waals surface area contributed by atoms with Crippen molar-refractivity contribution >= 4 is 6.09 Å². The lowest BCUT2D eigenvalue weighted by Crippen LogP contribution is -2.45. The van der Waals surface area contributed by atoms with Gasteiger partial charge in [0.2, 0.25) is 0 Å². The summed E-state index contributed by atoms with van der Waals surface area (Å²) >= 11 is 0. The maximum Gasteiger partial charge on any atom is 0.410 e. The van der Waals surface area contributed by atoms with Crippen LogP contribution in [0.25, 0.3) is 0 Å². The molecule has 1 rings (SSSR count). The van der Waals surface area contributed by atoms with Crippen LogP contribution in [0.4, 0.5) is 4.79 Å². The van der Waals surface area contributed by atoms with Crippen molar-refractivity contribution in [3.05, 3.63) is 0 Å². The van der Waals surface area contributed by atoms with E-state index in [1.807, 2.05) is 20.8 Å². The minimum atomic E-state index is -0.563. The first kappa shape index (κ1) is 20.2. The Kier molecular flexibility index (Phi) is 6.90. The summed E-state index contributed by atoms with van der Waals surface area (Å²) < 4.78 is 5.43. The molecule has 0 aliphatic heterocycles. The van der Waals surface area contributed by atoms with Gasteiger partial charge in [-0.05, 0) is 51.9 Å². The monoisotopic (exact) mass is 328 g/mol. The number of hydrogen-bond donors (Lipinski definition) is 2. The second kappa shape index (κ2) is 7.84. The number of carbonyl (C=O) groups excluding carboxylic acids is 1. The standard InChI is InChI=1S/C18H36N2O3/c1-13-10-18(6,7)11-15(13)19-8-9-20(12-14(2)21)16(22)23-17(3,4)5/h13-15,19,21H,8-12H2,1-7H3. The summed E-state index contributed by atoms with van der Waals surface area (Å²) in [5.41, 5.74) is -0.132. The minimum Gasteiger partial charge on any atom is -0.444 e. The quantitative estimate of drug-likeness (QED) is 0.787. The van der Waals surface area contributed by atoms with Crippen LogP contribution in [0.5, 0.6) is 0 Å². The Balaban J connectivity index is 2.50. The normalized spacial score (nSPS) is 25.2. The fraction of sp³-hybridized carbons (Fsp3) is 0.944. The first-order valence-corrected chi connectivity index (χ1v) is 8.79. The van der Waals surface area contributed by atoms with Gasteiger partial charge in [0.15, 0.2) is 0 Å². The Morgan fingerprint density at radius 3 is 2.43 bits per heavy atom. The average Bonchev–Trinajstić information content (AvgIpc) is 2.58. The van der Waals surface area contributed by atoms with Gasteiger partial charge in [-0.3, -0.25) is 0 Å². The molecule has 2 N–H and O–H groups in total. The van der Waals surface area contributed by atoms with E-state index in [9.17, 15) is 9.90 Å². The van der Waals surface area contributed by atoms with Gasteiger partial charge in [-0.15, -0.1) is 0 Å². The van der Waals surface area contributed by atoms with E-state index in [0.29, 0.717) is 30.5 Å². The smallest absolute Gasteiger partial charge is 0.410 e. The largest absolute Gasteiger partial charge is 0.444 e. The molecule has 0 heterocycles. The number of aliphatic hydroxyl groups is 1.